The Labute approximate surface area is 72.4 Å². The third-order valence-electron chi connectivity index (χ3n) is 2.10. The highest BCUT2D eigenvalue weighted by atomic mass is 16.6. The maximum Gasteiger partial charge on any atom is 0.350 e. The van der Waals surface area contributed by atoms with Crippen molar-refractivity contribution >= 4 is 5.97 Å². The van der Waals surface area contributed by atoms with Gasteiger partial charge in [-0.25, -0.2) is 4.79 Å². The average Bonchev–Trinajstić information content (AvgIpc) is 2.58. The number of carbonyl (C=O) groups excluding carboxylic acids is 1. The normalized spacial score (nSPS) is 20.8. The van der Waals surface area contributed by atoms with E-state index in [9.17, 15) is 4.79 Å². The van der Waals surface area contributed by atoms with E-state index >= 15 is 0 Å². The Morgan fingerprint density at radius 3 is 2.33 bits per heavy atom. The Kier molecular flexibility index (Phi) is 3.49. The number of hydrogen-bond acceptors (Lipinski definition) is 4. The Hall–Kier alpha value is -0.610. The van der Waals surface area contributed by atoms with Gasteiger partial charge in [0.15, 0.2) is 0 Å². The molecule has 0 bridgehead atoms. The predicted molar refractivity (Wildman–Crippen MR) is 43.6 cm³/mol. The molecule has 0 saturated carbocycles. The first-order valence-electron chi connectivity index (χ1n) is 4.14. The molecule has 0 aromatic heterocycles. The van der Waals surface area contributed by atoms with Crippen LogP contribution in [0.4, 0.5) is 0 Å². The monoisotopic (exact) mass is 173 g/mol. The summed E-state index contributed by atoms with van der Waals surface area (Å²) in [7, 11) is 2.91. The van der Waals surface area contributed by atoms with Crippen LogP contribution >= 0.6 is 0 Å². The number of methoxy groups -OCH3 is 2. The number of rotatable bonds is 3. The molecule has 4 heteroatoms. The van der Waals surface area contributed by atoms with E-state index in [1.165, 1.54) is 14.2 Å². The van der Waals surface area contributed by atoms with Crippen molar-refractivity contribution in [3.63, 3.8) is 0 Å². The van der Waals surface area contributed by atoms with Crippen LogP contribution in [0.1, 0.15) is 12.8 Å². The molecule has 1 aliphatic rings. The number of carbonyl (C=O) groups is 1. The standard InChI is InChI=1S/C8H15NO3/c1-11-7(8(10)12-2)9-5-3-4-6-9/h7H,3-6H2,1-2H3. The largest absolute Gasteiger partial charge is 0.466 e. The average molecular weight is 173 g/mol. The van der Waals surface area contributed by atoms with E-state index in [1.54, 1.807) is 0 Å². The highest BCUT2D eigenvalue weighted by molar-refractivity contribution is 5.74. The van der Waals surface area contributed by atoms with Gasteiger partial charge in [0.2, 0.25) is 6.23 Å². The Bertz CT molecular complexity index is 154. The van der Waals surface area contributed by atoms with Crippen LogP contribution < -0.4 is 0 Å². The maximum atomic E-state index is 11.1. The third kappa shape index (κ3) is 1.95. The number of likely N-dealkylation sites (tertiary alicyclic amines) is 1. The van der Waals surface area contributed by atoms with Gasteiger partial charge in [0, 0.05) is 20.2 Å². The summed E-state index contributed by atoms with van der Waals surface area (Å²) >= 11 is 0. The van der Waals surface area contributed by atoms with Crippen LogP contribution in [0, 0.1) is 0 Å². The van der Waals surface area contributed by atoms with E-state index in [0.29, 0.717) is 0 Å². The molecule has 1 unspecified atom stereocenters. The fourth-order valence-electron chi connectivity index (χ4n) is 1.47. The van der Waals surface area contributed by atoms with Gasteiger partial charge in [0.25, 0.3) is 0 Å². The molecule has 0 aromatic rings. The van der Waals surface area contributed by atoms with Gasteiger partial charge in [0.1, 0.15) is 0 Å². The first-order valence-corrected chi connectivity index (χ1v) is 4.14. The topological polar surface area (TPSA) is 38.8 Å². The summed E-state index contributed by atoms with van der Waals surface area (Å²) in [5, 5.41) is 0. The molecule has 1 atom stereocenters. The molecule has 0 radical (unpaired) electrons. The fourth-order valence-corrected chi connectivity index (χ4v) is 1.47. The minimum absolute atomic E-state index is 0.306. The number of ether oxygens (including phenoxy) is 2. The van der Waals surface area contributed by atoms with Crippen molar-refractivity contribution in [2.24, 2.45) is 0 Å². The molecule has 0 N–H and O–H groups in total. The lowest BCUT2D eigenvalue weighted by Crippen LogP contribution is -2.41. The van der Waals surface area contributed by atoms with Gasteiger partial charge in [-0.05, 0) is 12.8 Å². The van der Waals surface area contributed by atoms with Crippen LogP contribution in [0.2, 0.25) is 0 Å². The molecule has 0 amide bonds. The molecule has 1 rings (SSSR count). The van der Waals surface area contributed by atoms with Crippen molar-refractivity contribution in [1.29, 1.82) is 0 Å². The minimum Gasteiger partial charge on any atom is -0.466 e. The van der Waals surface area contributed by atoms with Crippen LogP contribution in [0.5, 0.6) is 0 Å². The summed E-state index contributed by atoms with van der Waals surface area (Å²) < 4.78 is 9.65. The summed E-state index contributed by atoms with van der Waals surface area (Å²) in [6.07, 6.45) is 1.77. The molecular weight excluding hydrogens is 158 g/mol. The summed E-state index contributed by atoms with van der Waals surface area (Å²) in [4.78, 5) is 13.1. The van der Waals surface area contributed by atoms with Gasteiger partial charge in [-0.1, -0.05) is 0 Å². The molecule has 1 saturated heterocycles. The van der Waals surface area contributed by atoms with Gasteiger partial charge >= 0.3 is 5.97 Å². The zero-order valence-corrected chi connectivity index (χ0v) is 7.58. The molecule has 1 aliphatic heterocycles. The summed E-state index contributed by atoms with van der Waals surface area (Å²) in [6.45, 7) is 1.85. The minimum atomic E-state index is -0.502. The fraction of sp³-hybridized carbons (Fsp3) is 0.875. The molecule has 0 aromatic carbocycles. The molecule has 1 fully saturated rings. The van der Waals surface area contributed by atoms with Gasteiger partial charge in [-0.3, -0.25) is 4.90 Å². The van der Waals surface area contributed by atoms with Gasteiger partial charge in [0.05, 0.1) is 7.11 Å². The van der Waals surface area contributed by atoms with E-state index < -0.39 is 6.23 Å². The van der Waals surface area contributed by atoms with Gasteiger partial charge in [-0.2, -0.15) is 0 Å². The van der Waals surface area contributed by atoms with Crippen LogP contribution in [0.25, 0.3) is 0 Å². The second kappa shape index (κ2) is 4.42. The van der Waals surface area contributed by atoms with E-state index in [0.717, 1.165) is 25.9 Å². The second-order valence-corrected chi connectivity index (χ2v) is 2.85. The highest BCUT2D eigenvalue weighted by Gasteiger charge is 2.28. The van der Waals surface area contributed by atoms with Crippen molar-refractivity contribution in [3.05, 3.63) is 0 Å². The Balaban J connectivity index is 2.48. The Morgan fingerprint density at radius 2 is 1.92 bits per heavy atom. The molecule has 1 heterocycles. The van der Waals surface area contributed by atoms with E-state index in [2.05, 4.69) is 4.74 Å². The lowest BCUT2D eigenvalue weighted by Gasteiger charge is -2.22. The number of hydrogen-bond donors (Lipinski definition) is 0. The lowest BCUT2D eigenvalue weighted by molar-refractivity contribution is -0.163. The third-order valence-corrected chi connectivity index (χ3v) is 2.10. The molecule has 12 heavy (non-hydrogen) atoms. The van der Waals surface area contributed by atoms with E-state index in [4.69, 9.17) is 4.74 Å². The summed E-state index contributed by atoms with van der Waals surface area (Å²) in [5.74, 6) is -0.306. The van der Waals surface area contributed by atoms with E-state index in [-0.39, 0.29) is 5.97 Å². The first-order chi connectivity index (χ1) is 5.79. The molecule has 4 nitrogen and oxygen atoms in total. The SMILES string of the molecule is COC(=O)C(OC)N1CCCC1. The zero-order valence-electron chi connectivity index (χ0n) is 7.58. The first kappa shape index (κ1) is 9.48. The van der Waals surface area contributed by atoms with E-state index in [1.807, 2.05) is 4.90 Å². The second-order valence-electron chi connectivity index (χ2n) is 2.85. The molecule has 0 aliphatic carbocycles. The van der Waals surface area contributed by atoms with Crippen LogP contribution in [0.3, 0.4) is 0 Å². The Morgan fingerprint density at radius 1 is 1.33 bits per heavy atom. The van der Waals surface area contributed by atoms with Crippen molar-refractivity contribution in [2.45, 2.75) is 19.1 Å². The zero-order chi connectivity index (χ0) is 8.97. The molecule has 0 spiro atoms. The summed E-state index contributed by atoms with van der Waals surface area (Å²) in [6, 6.07) is 0. The predicted octanol–water partition coefficient (Wildman–Crippen LogP) is 0.228. The quantitative estimate of drug-likeness (QED) is 0.573. The van der Waals surface area contributed by atoms with Gasteiger partial charge in [-0.15, -0.1) is 0 Å². The van der Waals surface area contributed by atoms with Gasteiger partial charge < -0.3 is 9.47 Å². The summed E-state index contributed by atoms with van der Waals surface area (Å²) in [5.41, 5.74) is 0. The van der Waals surface area contributed by atoms with Crippen LogP contribution in [-0.4, -0.2) is 44.4 Å². The highest BCUT2D eigenvalue weighted by Crippen LogP contribution is 2.12. The van der Waals surface area contributed by atoms with Crippen LogP contribution in [-0.2, 0) is 14.3 Å². The van der Waals surface area contributed by atoms with Crippen molar-refractivity contribution in [2.75, 3.05) is 27.3 Å². The van der Waals surface area contributed by atoms with Crippen molar-refractivity contribution in [3.8, 4) is 0 Å². The number of nitrogens with zero attached hydrogens (tertiary/aromatic N) is 1. The molecular formula is C8H15NO3. The number of esters is 1. The van der Waals surface area contributed by atoms with Crippen molar-refractivity contribution in [1.82, 2.24) is 4.90 Å². The smallest absolute Gasteiger partial charge is 0.350 e. The van der Waals surface area contributed by atoms with Crippen LogP contribution in [0.15, 0.2) is 0 Å². The maximum absolute atomic E-state index is 11.1. The lowest BCUT2D eigenvalue weighted by atomic mass is 10.4. The van der Waals surface area contributed by atoms with Crippen molar-refractivity contribution < 1.29 is 14.3 Å². The molecule has 70 valence electrons.